The van der Waals surface area contributed by atoms with E-state index in [9.17, 15) is 0 Å². The first kappa shape index (κ1) is 17.2. The van der Waals surface area contributed by atoms with Gasteiger partial charge in [0.2, 0.25) is 0 Å². The molecule has 8 bridgehead atoms. The van der Waals surface area contributed by atoms with E-state index in [0.29, 0.717) is 0 Å². The minimum Gasteiger partial charge on any atom is -0.355 e. The average Bonchev–Trinajstić information content (AvgIpc) is 3.49. The predicted octanol–water partition coefficient (Wildman–Crippen LogP) is 5.12. The van der Waals surface area contributed by atoms with Gasteiger partial charge >= 0.3 is 0 Å². The highest BCUT2D eigenvalue weighted by molar-refractivity contribution is 5.75. The van der Waals surface area contributed by atoms with E-state index < -0.39 is 0 Å². The van der Waals surface area contributed by atoms with Crippen LogP contribution in [0.5, 0.6) is 0 Å². The summed E-state index contributed by atoms with van der Waals surface area (Å²) in [4.78, 5) is 17.2. The molecule has 0 radical (unpaired) electrons. The quantitative estimate of drug-likeness (QED) is 0.577. The molecule has 2 aliphatic rings. The molecule has 3 aromatic heterocycles. The van der Waals surface area contributed by atoms with Crippen molar-refractivity contribution >= 4 is 22.1 Å². The summed E-state index contributed by atoms with van der Waals surface area (Å²) in [6, 6.07) is 8.68. The van der Waals surface area contributed by atoms with Crippen molar-refractivity contribution in [2.24, 2.45) is 0 Å². The van der Waals surface area contributed by atoms with Crippen LogP contribution in [0.3, 0.4) is 0 Å². The van der Waals surface area contributed by atoms with Crippen LogP contribution in [0, 0.1) is 27.7 Å². The van der Waals surface area contributed by atoms with Gasteiger partial charge in [-0.1, -0.05) is 0 Å². The zero-order chi connectivity index (χ0) is 19.4. The highest BCUT2D eigenvalue weighted by atomic mass is 14.8. The van der Waals surface area contributed by atoms with E-state index in [1.54, 1.807) is 0 Å². The van der Waals surface area contributed by atoms with E-state index in [4.69, 9.17) is 9.97 Å². The second kappa shape index (κ2) is 6.33. The fourth-order valence-corrected chi connectivity index (χ4v) is 4.40. The minimum atomic E-state index is 1.00. The van der Waals surface area contributed by atoms with Crippen molar-refractivity contribution in [2.75, 3.05) is 0 Å². The Bertz CT molecular complexity index is 1160. The van der Waals surface area contributed by atoms with Gasteiger partial charge in [-0.05, 0) is 99.9 Å². The molecule has 28 heavy (non-hydrogen) atoms. The Labute approximate surface area is 165 Å². The van der Waals surface area contributed by atoms with Gasteiger partial charge in [-0.2, -0.15) is 0 Å². The Morgan fingerprint density at radius 3 is 1.21 bits per heavy atom. The topological polar surface area (TPSA) is 57.4 Å². The molecular weight excluding hydrogens is 344 g/mol. The molecule has 5 heterocycles. The Morgan fingerprint density at radius 1 is 0.500 bits per heavy atom. The van der Waals surface area contributed by atoms with Crippen LogP contribution in [-0.2, 0) is 25.7 Å². The van der Waals surface area contributed by atoms with Gasteiger partial charge in [0.1, 0.15) is 0 Å². The van der Waals surface area contributed by atoms with Crippen molar-refractivity contribution < 1.29 is 0 Å². The lowest BCUT2D eigenvalue weighted by atomic mass is 10.1. The molecule has 142 valence electrons. The second-order valence-electron chi connectivity index (χ2n) is 8.08. The smallest absolute Gasteiger partial charge is 0.0460 e. The maximum atomic E-state index is 5.01. The van der Waals surface area contributed by atoms with Crippen LogP contribution in [0.15, 0.2) is 24.3 Å². The molecule has 0 aliphatic carbocycles. The monoisotopic (exact) mass is 370 g/mol. The lowest BCUT2D eigenvalue weighted by Gasteiger charge is -1.97. The fraction of sp³-hybridized carbons (Fsp3) is 0.333. The lowest BCUT2D eigenvalue weighted by molar-refractivity contribution is 0.971. The van der Waals surface area contributed by atoms with Gasteiger partial charge in [0.25, 0.3) is 0 Å². The third kappa shape index (κ3) is 2.67. The average molecular weight is 371 g/mol. The maximum absolute atomic E-state index is 5.01. The molecule has 4 heteroatoms. The van der Waals surface area contributed by atoms with Crippen molar-refractivity contribution in [2.45, 2.75) is 53.4 Å². The number of hydrogen-bond acceptors (Lipinski definition) is 2. The van der Waals surface area contributed by atoms with Crippen LogP contribution >= 0.6 is 0 Å². The van der Waals surface area contributed by atoms with Crippen LogP contribution in [0.2, 0.25) is 0 Å². The van der Waals surface area contributed by atoms with Gasteiger partial charge in [0.15, 0.2) is 0 Å². The maximum Gasteiger partial charge on any atom is 0.0460 e. The summed E-state index contributed by atoms with van der Waals surface area (Å²) >= 11 is 0. The number of fused-ring (bicyclic) bond motifs is 8. The second-order valence-corrected chi connectivity index (χ2v) is 8.08. The standard InChI is InChI=1S/C24H26N4/c1-13-17-5-7-19(25-17)14(2)21-9-11-23(27-21)16(4)24-12-10-22(28-24)15(3)20-8-6-18(13)26-20/h5-8,25-26H,9-12H2,1-4H3. The normalized spacial score (nSPS) is 13.9. The molecular formula is C24H26N4. The summed E-state index contributed by atoms with van der Waals surface area (Å²) in [6.45, 7) is 8.70. The van der Waals surface area contributed by atoms with Gasteiger partial charge < -0.3 is 9.97 Å². The van der Waals surface area contributed by atoms with Gasteiger partial charge in [0.05, 0.1) is 0 Å². The van der Waals surface area contributed by atoms with E-state index in [2.05, 4.69) is 61.9 Å². The van der Waals surface area contributed by atoms with E-state index in [0.717, 1.165) is 47.8 Å². The fourth-order valence-electron chi connectivity index (χ4n) is 4.40. The van der Waals surface area contributed by atoms with Crippen molar-refractivity contribution in [3.8, 4) is 0 Å². The number of aromatic amines is 2. The largest absolute Gasteiger partial charge is 0.355 e. The van der Waals surface area contributed by atoms with Gasteiger partial charge in [-0.15, -0.1) is 0 Å². The van der Waals surface area contributed by atoms with Crippen LogP contribution in [0.25, 0.3) is 22.1 Å². The number of hydrogen-bond donors (Lipinski definition) is 2. The molecule has 0 amide bonds. The molecule has 0 fully saturated rings. The van der Waals surface area contributed by atoms with Crippen LogP contribution in [0.1, 0.15) is 45.0 Å². The summed E-state index contributed by atoms with van der Waals surface area (Å²) in [5, 5.41) is 0. The molecule has 0 atom stereocenters. The van der Waals surface area contributed by atoms with E-state index in [-0.39, 0.29) is 0 Å². The summed E-state index contributed by atoms with van der Waals surface area (Å²) in [5.74, 6) is 0. The van der Waals surface area contributed by atoms with Crippen molar-refractivity contribution in [1.29, 1.82) is 0 Å². The lowest BCUT2D eigenvalue weighted by Crippen LogP contribution is -1.91. The highest BCUT2D eigenvalue weighted by Crippen LogP contribution is 2.25. The minimum absolute atomic E-state index is 1.00. The van der Waals surface area contributed by atoms with E-state index >= 15 is 0 Å². The SMILES string of the molecule is Cc1c2nc(c(C)c3ccc([nH]3)c(C)c3ccc([nH]3)c(C)c3nc1CC3)CC2. The number of nitrogens with one attached hydrogen (secondary N) is 2. The van der Waals surface area contributed by atoms with Crippen LogP contribution in [0.4, 0.5) is 0 Å². The first-order chi connectivity index (χ1) is 13.5. The molecule has 3 aromatic rings. The molecule has 5 rings (SSSR count). The van der Waals surface area contributed by atoms with Gasteiger partial charge in [-0.25, -0.2) is 0 Å². The molecule has 4 nitrogen and oxygen atoms in total. The zero-order valence-corrected chi connectivity index (χ0v) is 17.0. The third-order valence-corrected chi connectivity index (χ3v) is 6.46. The Balaban J connectivity index is 1.94. The van der Waals surface area contributed by atoms with Gasteiger partial charge in [0, 0.05) is 44.8 Å². The molecule has 0 unspecified atom stereocenters. The summed E-state index contributed by atoms with van der Waals surface area (Å²) < 4.78 is 0. The van der Waals surface area contributed by atoms with Crippen LogP contribution in [-0.4, -0.2) is 19.9 Å². The number of H-pyrrole nitrogens is 2. The Kier molecular flexibility index (Phi) is 3.90. The number of aromatic nitrogens is 4. The van der Waals surface area contributed by atoms with Crippen molar-refractivity contribution in [1.82, 2.24) is 19.9 Å². The van der Waals surface area contributed by atoms with Crippen molar-refractivity contribution in [3.05, 3.63) is 69.3 Å². The number of aryl methyl sites for hydroxylation is 7. The van der Waals surface area contributed by atoms with Gasteiger partial charge in [-0.3, -0.25) is 9.97 Å². The molecule has 0 spiro atoms. The molecule has 2 N–H and O–H groups in total. The first-order valence-electron chi connectivity index (χ1n) is 10.1. The highest BCUT2D eigenvalue weighted by Gasteiger charge is 2.17. The molecule has 0 saturated carbocycles. The summed E-state index contributed by atoms with van der Waals surface area (Å²) in [7, 11) is 0. The number of nitrogens with zero attached hydrogens (tertiary/aromatic N) is 2. The summed E-state index contributed by atoms with van der Waals surface area (Å²) in [6.07, 6.45) is 4.02. The predicted molar refractivity (Wildman–Crippen MR) is 115 cm³/mol. The van der Waals surface area contributed by atoms with E-state index in [1.165, 1.54) is 45.0 Å². The van der Waals surface area contributed by atoms with Crippen LogP contribution < -0.4 is 0 Å². The van der Waals surface area contributed by atoms with E-state index in [1.807, 2.05) is 0 Å². The summed E-state index contributed by atoms with van der Waals surface area (Å²) in [5.41, 5.74) is 14.4. The Hall–Kier alpha value is -2.88. The first-order valence-corrected chi connectivity index (χ1v) is 10.1. The number of rotatable bonds is 0. The molecule has 0 aromatic carbocycles. The molecule has 0 saturated heterocycles. The van der Waals surface area contributed by atoms with Crippen molar-refractivity contribution in [3.63, 3.8) is 0 Å². The Morgan fingerprint density at radius 2 is 0.821 bits per heavy atom. The zero-order valence-electron chi connectivity index (χ0n) is 17.0. The molecule has 2 aliphatic heterocycles. The third-order valence-electron chi connectivity index (χ3n) is 6.46.